The molecule has 2 aliphatic rings. The maximum absolute atomic E-state index is 13.3. The van der Waals surface area contributed by atoms with Gasteiger partial charge in [0.15, 0.2) is 6.61 Å². The summed E-state index contributed by atoms with van der Waals surface area (Å²) in [7, 11) is 0. The number of carbonyl (C=O) groups excluding carboxylic acids is 1. The van der Waals surface area contributed by atoms with E-state index < -0.39 is 18.5 Å². The van der Waals surface area contributed by atoms with E-state index in [0.29, 0.717) is 24.1 Å². The van der Waals surface area contributed by atoms with Crippen LogP contribution in [0.5, 0.6) is 0 Å². The molecule has 1 aliphatic carbocycles. The Morgan fingerprint density at radius 1 is 1.24 bits per heavy atom. The number of nitrogens with two attached hydrogens (primary N) is 1. The van der Waals surface area contributed by atoms with E-state index in [1.54, 1.807) is 12.1 Å². The maximum atomic E-state index is 13.3. The highest BCUT2D eigenvalue weighted by Crippen LogP contribution is 2.45. The number of carboxylic acids is 1. The van der Waals surface area contributed by atoms with Crippen LogP contribution in [0.25, 0.3) is 0 Å². The van der Waals surface area contributed by atoms with Gasteiger partial charge in [0.05, 0.1) is 6.42 Å². The molecule has 0 spiro atoms. The Morgan fingerprint density at radius 2 is 1.93 bits per heavy atom. The van der Waals surface area contributed by atoms with Gasteiger partial charge in [-0.1, -0.05) is 30.7 Å². The molecule has 6 nitrogen and oxygen atoms in total. The number of amides is 1. The largest absolute Gasteiger partial charge is 0.479 e. The monoisotopic (exact) mass is 398 g/mol. The van der Waals surface area contributed by atoms with Crippen molar-refractivity contribution >= 4 is 17.8 Å². The molecule has 7 heteroatoms. The number of aliphatic carboxylic acids is 1. The Hall–Kier alpha value is -3.22. The van der Waals surface area contributed by atoms with Crippen LogP contribution in [0.4, 0.5) is 4.39 Å². The minimum absolute atomic E-state index is 0.0181. The van der Waals surface area contributed by atoms with Gasteiger partial charge in [0.1, 0.15) is 5.82 Å². The predicted octanol–water partition coefficient (Wildman–Crippen LogP) is 3.29. The minimum Gasteiger partial charge on any atom is -0.479 e. The molecular weight excluding hydrogens is 375 g/mol. The number of allylic oxidation sites excluding steroid dienone is 4. The van der Waals surface area contributed by atoms with Crippen LogP contribution in [0.15, 0.2) is 63.3 Å². The van der Waals surface area contributed by atoms with Crippen LogP contribution in [-0.2, 0) is 20.7 Å². The van der Waals surface area contributed by atoms with E-state index in [1.807, 2.05) is 19.9 Å². The fraction of sp³-hybridized carbons (Fsp3) is 0.318. The Kier molecular flexibility index (Phi) is 5.96. The number of primary amides is 1. The normalized spacial score (nSPS) is 18.4. The zero-order chi connectivity index (χ0) is 21.1. The highest BCUT2D eigenvalue weighted by Gasteiger charge is 2.37. The van der Waals surface area contributed by atoms with E-state index in [-0.39, 0.29) is 24.1 Å². The Balaban J connectivity index is 2.06. The molecule has 1 amide bonds. The highest BCUT2D eigenvalue weighted by molar-refractivity contribution is 6.01. The SMILES string of the molecule is CCC1=C(Cc2ccc(F)cc2)C2C=C(C)N=C(OCC(=O)O)C2=C1CC(N)=O. The zero-order valence-corrected chi connectivity index (χ0v) is 16.4. The third-order valence-corrected chi connectivity index (χ3v) is 5.02. The van der Waals surface area contributed by atoms with Gasteiger partial charge in [0, 0.05) is 17.2 Å². The van der Waals surface area contributed by atoms with Gasteiger partial charge in [0.25, 0.3) is 0 Å². The van der Waals surface area contributed by atoms with Crippen molar-refractivity contribution in [1.82, 2.24) is 0 Å². The first-order chi connectivity index (χ1) is 13.8. The molecule has 0 aromatic heterocycles. The van der Waals surface area contributed by atoms with Crippen molar-refractivity contribution in [2.24, 2.45) is 16.6 Å². The summed E-state index contributed by atoms with van der Waals surface area (Å²) in [6.45, 7) is 3.28. The predicted molar refractivity (Wildman–Crippen MR) is 107 cm³/mol. The van der Waals surface area contributed by atoms with Crippen molar-refractivity contribution in [1.29, 1.82) is 0 Å². The van der Waals surface area contributed by atoms with Crippen molar-refractivity contribution in [2.45, 2.75) is 33.1 Å². The number of hydrogen-bond acceptors (Lipinski definition) is 4. The van der Waals surface area contributed by atoms with Crippen LogP contribution in [0.2, 0.25) is 0 Å². The first kappa shape index (κ1) is 20.5. The van der Waals surface area contributed by atoms with E-state index >= 15 is 0 Å². The topological polar surface area (TPSA) is 102 Å². The molecule has 1 heterocycles. The number of hydrogen-bond donors (Lipinski definition) is 2. The standard InChI is InChI=1S/C22H23FN2O4/c1-3-15-16(9-13-4-6-14(23)7-5-13)17-8-12(2)25-22(29-11-20(27)28)21(17)18(15)10-19(24)26/h4-8,17H,3,9-11H2,1-2H3,(H2,24,26)(H,27,28). The first-order valence-electron chi connectivity index (χ1n) is 9.40. The molecule has 0 radical (unpaired) electrons. The quantitative estimate of drug-likeness (QED) is 0.736. The minimum atomic E-state index is -1.11. The molecule has 1 aromatic carbocycles. The lowest BCUT2D eigenvalue weighted by Gasteiger charge is -2.22. The van der Waals surface area contributed by atoms with Crippen LogP contribution in [-0.4, -0.2) is 29.5 Å². The second-order valence-electron chi connectivity index (χ2n) is 7.08. The molecule has 1 unspecified atom stereocenters. The Morgan fingerprint density at radius 3 is 2.52 bits per heavy atom. The lowest BCUT2D eigenvalue weighted by molar-refractivity contribution is -0.139. The molecule has 1 aromatic rings. The highest BCUT2D eigenvalue weighted by atomic mass is 19.1. The third kappa shape index (κ3) is 4.45. The van der Waals surface area contributed by atoms with Gasteiger partial charge in [0.2, 0.25) is 11.8 Å². The third-order valence-electron chi connectivity index (χ3n) is 5.02. The van der Waals surface area contributed by atoms with E-state index in [1.165, 1.54) is 12.1 Å². The fourth-order valence-electron chi connectivity index (χ4n) is 3.95. The average Bonchev–Trinajstić information content (AvgIpc) is 2.93. The summed E-state index contributed by atoms with van der Waals surface area (Å²) in [4.78, 5) is 27.1. The van der Waals surface area contributed by atoms with Gasteiger partial charge in [-0.3, -0.25) is 4.79 Å². The number of rotatable bonds is 7. The van der Waals surface area contributed by atoms with Crippen LogP contribution in [0.3, 0.4) is 0 Å². The summed E-state index contributed by atoms with van der Waals surface area (Å²) in [5, 5.41) is 9.00. The van der Waals surface area contributed by atoms with E-state index in [4.69, 9.17) is 15.6 Å². The average molecular weight is 398 g/mol. The van der Waals surface area contributed by atoms with E-state index in [0.717, 1.165) is 22.3 Å². The summed E-state index contributed by atoms with van der Waals surface area (Å²) in [6.07, 6.45) is 3.23. The van der Waals surface area contributed by atoms with Crippen molar-refractivity contribution < 1.29 is 23.8 Å². The van der Waals surface area contributed by atoms with Crippen LogP contribution in [0, 0.1) is 11.7 Å². The zero-order valence-electron chi connectivity index (χ0n) is 16.4. The molecule has 0 fully saturated rings. The fourth-order valence-corrected chi connectivity index (χ4v) is 3.95. The van der Waals surface area contributed by atoms with Crippen LogP contribution in [0.1, 0.15) is 32.3 Å². The maximum Gasteiger partial charge on any atom is 0.341 e. The number of benzene rings is 1. The van der Waals surface area contributed by atoms with Gasteiger partial charge in [-0.05, 0) is 48.6 Å². The molecule has 1 aliphatic heterocycles. The van der Waals surface area contributed by atoms with Gasteiger partial charge in [-0.2, -0.15) is 0 Å². The summed E-state index contributed by atoms with van der Waals surface area (Å²) in [5.41, 5.74) is 10.6. The van der Waals surface area contributed by atoms with Gasteiger partial charge in [-0.15, -0.1) is 0 Å². The Labute approximate surface area is 168 Å². The molecule has 0 bridgehead atoms. The lowest BCUT2D eigenvalue weighted by atomic mass is 9.87. The lowest BCUT2D eigenvalue weighted by Crippen LogP contribution is -2.23. The number of fused-ring (bicyclic) bond motifs is 1. The number of ether oxygens (including phenoxy) is 1. The first-order valence-corrected chi connectivity index (χ1v) is 9.40. The molecule has 0 saturated heterocycles. The molecule has 1 atom stereocenters. The smallest absolute Gasteiger partial charge is 0.341 e. The molecule has 29 heavy (non-hydrogen) atoms. The van der Waals surface area contributed by atoms with Crippen LogP contribution < -0.4 is 5.73 Å². The summed E-state index contributed by atoms with van der Waals surface area (Å²) >= 11 is 0. The van der Waals surface area contributed by atoms with Crippen LogP contribution >= 0.6 is 0 Å². The molecule has 3 rings (SSSR count). The van der Waals surface area contributed by atoms with Crippen molar-refractivity contribution in [2.75, 3.05) is 6.61 Å². The molecule has 152 valence electrons. The summed E-state index contributed by atoms with van der Waals surface area (Å²) in [6, 6.07) is 6.30. The second-order valence-corrected chi connectivity index (χ2v) is 7.08. The van der Waals surface area contributed by atoms with Crippen molar-refractivity contribution in [3.05, 3.63) is 69.7 Å². The number of halogens is 1. The summed E-state index contributed by atoms with van der Waals surface area (Å²) in [5.74, 6) is -1.87. The molecule has 3 N–H and O–H groups in total. The van der Waals surface area contributed by atoms with E-state index in [9.17, 15) is 14.0 Å². The Bertz CT molecular complexity index is 971. The number of carbonyl (C=O) groups is 2. The van der Waals surface area contributed by atoms with Gasteiger partial charge < -0.3 is 15.6 Å². The molecular formula is C22H23FN2O4. The number of carboxylic acid groups (broad SMARTS) is 1. The second kappa shape index (κ2) is 8.43. The van der Waals surface area contributed by atoms with Gasteiger partial charge in [-0.25, -0.2) is 14.2 Å². The summed E-state index contributed by atoms with van der Waals surface area (Å²) < 4.78 is 18.8. The molecule has 0 saturated carbocycles. The number of nitrogens with zero attached hydrogens (tertiary/aromatic N) is 1. The van der Waals surface area contributed by atoms with Crippen molar-refractivity contribution in [3.63, 3.8) is 0 Å². The van der Waals surface area contributed by atoms with Gasteiger partial charge >= 0.3 is 5.97 Å². The van der Waals surface area contributed by atoms with E-state index in [2.05, 4.69) is 4.99 Å². The number of aliphatic imine (C=N–C) groups is 1. The van der Waals surface area contributed by atoms with Crippen molar-refractivity contribution in [3.8, 4) is 0 Å².